The summed E-state index contributed by atoms with van der Waals surface area (Å²) < 4.78 is 2.37. The first-order valence-corrected chi connectivity index (χ1v) is 35.7. The minimum atomic E-state index is -0.00385. The van der Waals surface area contributed by atoms with Crippen LogP contribution in [0.2, 0.25) is 0 Å². The van der Waals surface area contributed by atoms with Crippen LogP contribution in [-0.4, -0.2) is 46.2 Å². The van der Waals surface area contributed by atoms with Gasteiger partial charge in [-0.1, -0.05) is 267 Å². The highest BCUT2D eigenvalue weighted by atomic mass is 15.2. The number of benzene rings is 14. The van der Waals surface area contributed by atoms with Gasteiger partial charge in [0.1, 0.15) is 0 Å². The highest BCUT2D eigenvalue weighted by Gasteiger charge is 2.43. The van der Waals surface area contributed by atoms with Gasteiger partial charge in [-0.15, -0.1) is 0 Å². The molecule has 0 saturated heterocycles. The van der Waals surface area contributed by atoms with E-state index in [9.17, 15) is 0 Å². The molecule has 0 fully saturated rings. The Balaban J connectivity index is 0.779. The predicted molar refractivity (Wildman–Crippen MR) is 434 cm³/mol. The SMILES string of the molecule is c1ccc(-c2cc(-c3ccccc3)nc(-c3ccc(-n4c5ccccc5c5cc(-c6nc(-c7ccccc7)nc(-c7ccccc7)n6)ccc54)c(-c4cc(-c5ccccc5)nc(-c5ccc(-c6cc7c8c(c6)N(c6ccccc6)c6ccccc6B8c6ccccc6N7c6ccccc6)cc5)n4)c3)n2)cc1. The molecule has 0 N–H and O–H groups in total. The average Bonchev–Trinajstić information content (AvgIpc) is 0.829. The Hall–Kier alpha value is -14.3. The molecule has 20 rings (SSSR count). The van der Waals surface area contributed by atoms with Crippen LogP contribution < -0.4 is 26.2 Å². The van der Waals surface area contributed by atoms with E-state index in [2.05, 4.69) is 306 Å². The van der Waals surface area contributed by atoms with Crippen LogP contribution in [0, 0.1) is 0 Å². The van der Waals surface area contributed by atoms with Crippen LogP contribution in [0.1, 0.15) is 0 Å². The Kier molecular flexibility index (Phi) is 15.1. The molecule has 0 atom stereocenters. The second kappa shape index (κ2) is 26.0. The Bertz CT molecular complexity index is 6160. The van der Waals surface area contributed by atoms with Crippen LogP contribution in [0.25, 0.3) is 141 Å². The number of hydrogen-bond donors (Lipinski definition) is 0. The topological polar surface area (TPSA) is 102 Å². The van der Waals surface area contributed by atoms with Gasteiger partial charge in [-0.25, -0.2) is 34.9 Å². The van der Waals surface area contributed by atoms with Crippen LogP contribution in [0.5, 0.6) is 0 Å². The van der Waals surface area contributed by atoms with Gasteiger partial charge < -0.3 is 14.4 Å². The quantitative estimate of drug-likeness (QED) is 0.104. The number of nitrogens with zero attached hydrogens (tertiary/aromatic N) is 10. The van der Waals surface area contributed by atoms with Gasteiger partial charge in [0.2, 0.25) is 0 Å². The van der Waals surface area contributed by atoms with Crippen molar-refractivity contribution >= 4 is 79.0 Å². The molecule has 10 nitrogen and oxygen atoms in total. The van der Waals surface area contributed by atoms with Gasteiger partial charge in [0.15, 0.2) is 29.1 Å². The number of anilines is 6. The van der Waals surface area contributed by atoms with Crippen molar-refractivity contribution in [1.82, 2.24) is 39.5 Å². The maximum atomic E-state index is 5.75. The molecular formula is C95H61BN10. The van der Waals surface area contributed by atoms with Crippen LogP contribution in [0.15, 0.2) is 370 Å². The molecule has 0 spiro atoms. The van der Waals surface area contributed by atoms with E-state index < -0.39 is 0 Å². The highest BCUT2D eigenvalue weighted by Crippen LogP contribution is 2.47. The Morgan fingerprint density at radius 2 is 0.566 bits per heavy atom. The van der Waals surface area contributed by atoms with Gasteiger partial charge in [0.25, 0.3) is 6.71 Å². The zero-order valence-electron chi connectivity index (χ0n) is 57.3. The van der Waals surface area contributed by atoms with Crippen molar-refractivity contribution < 1.29 is 0 Å². The second-order valence-corrected chi connectivity index (χ2v) is 26.8. The van der Waals surface area contributed by atoms with E-state index in [-0.39, 0.29) is 6.71 Å². The van der Waals surface area contributed by atoms with Gasteiger partial charge in [0.05, 0.1) is 39.5 Å². The van der Waals surface area contributed by atoms with E-state index in [1.54, 1.807) is 0 Å². The van der Waals surface area contributed by atoms with E-state index in [4.69, 9.17) is 34.9 Å². The summed E-state index contributed by atoms with van der Waals surface area (Å²) in [5, 5.41) is 2.09. The number of rotatable bonds is 13. The molecule has 14 aromatic carbocycles. The normalized spacial score (nSPS) is 12.1. The fraction of sp³-hybridized carbons (Fsp3) is 0. The molecule has 6 heterocycles. The second-order valence-electron chi connectivity index (χ2n) is 26.8. The van der Waals surface area contributed by atoms with Crippen molar-refractivity contribution in [3.63, 3.8) is 0 Å². The van der Waals surface area contributed by atoms with Crippen LogP contribution in [-0.2, 0) is 0 Å². The molecular weight excluding hydrogens is 1290 g/mol. The summed E-state index contributed by atoms with van der Waals surface area (Å²) in [6.45, 7) is -0.00385. The highest BCUT2D eigenvalue weighted by molar-refractivity contribution is 7.00. The number of hydrogen-bond acceptors (Lipinski definition) is 9. The average molecular weight is 1350 g/mol. The van der Waals surface area contributed by atoms with E-state index in [0.717, 1.165) is 140 Å². The lowest BCUT2D eigenvalue weighted by atomic mass is 9.33. The smallest absolute Gasteiger partial charge is 0.252 e. The molecule has 18 aromatic rings. The van der Waals surface area contributed by atoms with Gasteiger partial charge in [-0.2, -0.15) is 0 Å². The fourth-order valence-electron chi connectivity index (χ4n) is 15.5. The lowest BCUT2D eigenvalue weighted by Crippen LogP contribution is -2.61. The molecule has 106 heavy (non-hydrogen) atoms. The molecule has 0 amide bonds. The lowest BCUT2D eigenvalue weighted by Gasteiger charge is -2.44. The molecule has 494 valence electrons. The summed E-state index contributed by atoms with van der Waals surface area (Å²) in [4.78, 5) is 42.4. The van der Waals surface area contributed by atoms with Crippen molar-refractivity contribution in [3.05, 3.63) is 370 Å². The monoisotopic (exact) mass is 1350 g/mol. The van der Waals surface area contributed by atoms with Crippen LogP contribution in [0.4, 0.5) is 34.1 Å². The van der Waals surface area contributed by atoms with E-state index in [1.807, 2.05) is 78.9 Å². The minimum Gasteiger partial charge on any atom is -0.311 e. The van der Waals surface area contributed by atoms with E-state index in [1.165, 1.54) is 16.4 Å². The molecule has 4 aromatic heterocycles. The van der Waals surface area contributed by atoms with Crippen molar-refractivity contribution in [2.24, 2.45) is 0 Å². The third kappa shape index (κ3) is 10.9. The van der Waals surface area contributed by atoms with Crippen molar-refractivity contribution in [2.75, 3.05) is 9.80 Å². The summed E-state index contributed by atoms with van der Waals surface area (Å²) in [5.41, 5.74) is 26.9. The maximum Gasteiger partial charge on any atom is 0.252 e. The molecule has 0 aliphatic carbocycles. The maximum absolute atomic E-state index is 5.75. The molecule has 2 aliphatic heterocycles. The summed E-state index contributed by atoms with van der Waals surface area (Å²) in [6.07, 6.45) is 0. The number of para-hydroxylation sites is 5. The van der Waals surface area contributed by atoms with Crippen LogP contribution >= 0.6 is 0 Å². The van der Waals surface area contributed by atoms with Gasteiger partial charge in [0, 0.05) is 95.0 Å². The summed E-state index contributed by atoms with van der Waals surface area (Å²) in [7, 11) is 0. The standard InChI is InChI=1S/C95H61BN10/c1-8-28-63(29-9-1)79-60-80(64-30-10-2-11-31-64)99-94(98-79)70-53-55-85(106-83-45-25-22-42-74(83)75-56-69(52-54-84(75)106)95-102-92(66-34-14-4-15-35-66)101-93(103-95)67-36-16-5-17-37-67)76(57-70)82-61-81(65-32-12-3-13-33-65)97-91(100-82)68-50-48-62(49-51-68)71-58-88-90-89(59-71)105(73-40-20-7-21-41-73)87-47-27-24-44-78(87)96(90)77-43-23-26-46-86(77)104(88)72-38-18-6-19-39-72/h1-61H. The summed E-state index contributed by atoms with van der Waals surface area (Å²) >= 11 is 0. The number of aromatic nitrogens is 8. The third-order valence-corrected chi connectivity index (χ3v) is 20.5. The third-order valence-electron chi connectivity index (χ3n) is 20.5. The molecule has 0 saturated carbocycles. The zero-order valence-corrected chi connectivity index (χ0v) is 57.3. The lowest BCUT2D eigenvalue weighted by molar-refractivity contribution is 1.07. The first-order valence-electron chi connectivity index (χ1n) is 35.7. The van der Waals surface area contributed by atoms with E-state index in [0.29, 0.717) is 34.8 Å². The minimum absolute atomic E-state index is 0.00385. The molecule has 11 heteroatoms. The van der Waals surface area contributed by atoms with Crippen molar-refractivity contribution in [1.29, 1.82) is 0 Å². The van der Waals surface area contributed by atoms with Crippen LogP contribution in [0.3, 0.4) is 0 Å². The molecule has 0 radical (unpaired) electrons. The molecule has 0 unspecified atom stereocenters. The first-order chi connectivity index (χ1) is 52.5. The van der Waals surface area contributed by atoms with Crippen molar-refractivity contribution in [2.45, 2.75) is 0 Å². The van der Waals surface area contributed by atoms with Gasteiger partial charge in [-0.05, 0) is 131 Å². The fourth-order valence-corrected chi connectivity index (χ4v) is 15.5. The van der Waals surface area contributed by atoms with Crippen molar-refractivity contribution in [3.8, 4) is 119 Å². The van der Waals surface area contributed by atoms with Gasteiger partial charge in [-0.3, -0.25) is 0 Å². The zero-order chi connectivity index (χ0) is 70.0. The summed E-state index contributed by atoms with van der Waals surface area (Å²) in [6, 6.07) is 130. The predicted octanol–water partition coefficient (Wildman–Crippen LogP) is 21.3. The largest absolute Gasteiger partial charge is 0.311 e. The Morgan fingerprint density at radius 3 is 1.08 bits per heavy atom. The van der Waals surface area contributed by atoms with Gasteiger partial charge >= 0.3 is 0 Å². The Morgan fingerprint density at radius 1 is 0.208 bits per heavy atom. The number of fused-ring (bicyclic) bond motifs is 7. The molecule has 2 aliphatic rings. The Labute approximate surface area is 613 Å². The van der Waals surface area contributed by atoms with E-state index >= 15 is 0 Å². The first kappa shape index (κ1) is 61.6. The summed E-state index contributed by atoms with van der Waals surface area (Å²) in [5.74, 6) is 2.93. The molecule has 0 bridgehead atoms.